The number of ether oxygens (including phenoxy) is 1. The highest BCUT2D eigenvalue weighted by Gasteiger charge is 2.24. The van der Waals surface area contributed by atoms with Crippen LogP contribution in [0.1, 0.15) is 44.6 Å². The lowest BCUT2D eigenvalue weighted by molar-refractivity contribution is 0.111. The summed E-state index contributed by atoms with van der Waals surface area (Å²) in [7, 11) is 2.16. The third-order valence-corrected chi connectivity index (χ3v) is 6.92. The largest absolute Gasteiger partial charge is 0.490 e. The summed E-state index contributed by atoms with van der Waals surface area (Å²) in [6.45, 7) is 2.17. The minimum atomic E-state index is -0.187. The first kappa shape index (κ1) is 20.7. The molecule has 3 heterocycles. The molecule has 2 aliphatic rings. The minimum Gasteiger partial charge on any atom is -0.490 e. The molecule has 7 heteroatoms. The molecular weight excluding hydrogens is 412 g/mol. The monoisotopic (exact) mass is 440 g/mol. The second kappa shape index (κ2) is 8.77. The zero-order valence-corrected chi connectivity index (χ0v) is 18.6. The van der Waals surface area contributed by atoms with Gasteiger partial charge in [0.05, 0.1) is 6.10 Å². The van der Waals surface area contributed by atoms with E-state index in [1.807, 2.05) is 6.20 Å². The predicted octanol–water partition coefficient (Wildman–Crippen LogP) is 4.70. The van der Waals surface area contributed by atoms with Crippen molar-refractivity contribution in [1.82, 2.24) is 19.4 Å². The average Bonchev–Trinajstić information content (AvgIpc) is 3.15. The van der Waals surface area contributed by atoms with Gasteiger partial charge in [-0.1, -0.05) is 12.1 Å². The quantitative estimate of drug-likeness (QED) is 0.596. The number of hydrogen-bond donors (Lipinski definition) is 1. The molecule has 5 rings (SSSR count). The van der Waals surface area contributed by atoms with E-state index in [1.165, 1.54) is 0 Å². The van der Waals surface area contributed by atoms with Crippen molar-refractivity contribution in [3.05, 3.63) is 41.9 Å². The zero-order chi connectivity index (χ0) is 21.4. The molecule has 1 aromatic carbocycles. The molecule has 1 saturated carbocycles. The number of likely N-dealkylation sites (tertiary alicyclic amines) is 1. The Morgan fingerprint density at radius 1 is 1.03 bits per heavy atom. The van der Waals surface area contributed by atoms with E-state index >= 15 is 0 Å². The van der Waals surface area contributed by atoms with Crippen molar-refractivity contribution in [2.75, 3.05) is 20.1 Å². The lowest BCUT2D eigenvalue weighted by Gasteiger charge is -2.29. The van der Waals surface area contributed by atoms with E-state index < -0.39 is 0 Å². The highest BCUT2D eigenvalue weighted by molar-refractivity contribution is 6.28. The van der Waals surface area contributed by atoms with Gasteiger partial charge in [0.25, 0.3) is 0 Å². The van der Waals surface area contributed by atoms with Gasteiger partial charge in [0.15, 0.2) is 0 Å². The average molecular weight is 441 g/mol. The Labute approximate surface area is 187 Å². The molecule has 164 valence electrons. The van der Waals surface area contributed by atoms with E-state index in [1.54, 1.807) is 0 Å². The van der Waals surface area contributed by atoms with Crippen LogP contribution in [0.15, 0.2) is 36.7 Å². The van der Waals surface area contributed by atoms with Gasteiger partial charge in [-0.25, -0.2) is 4.98 Å². The van der Waals surface area contributed by atoms with Crippen molar-refractivity contribution >= 4 is 22.6 Å². The first-order valence-electron chi connectivity index (χ1n) is 11.2. The molecule has 6 nitrogen and oxygen atoms in total. The number of fused-ring (bicyclic) bond motifs is 1. The summed E-state index contributed by atoms with van der Waals surface area (Å²) < 4.78 is 8.44. The fourth-order valence-electron chi connectivity index (χ4n) is 4.86. The summed E-state index contributed by atoms with van der Waals surface area (Å²) in [5.74, 6) is 0.919. The van der Waals surface area contributed by atoms with Crippen molar-refractivity contribution in [2.24, 2.45) is 0 Å². The van der Waals surface area contributed by atoms with Gasteiger partial charge in [-0.3, -0.25) is 0 Å². The van der Waals surface area contributed by atoms with Gasteiger partial charge in [0, 0.05) is 42.5 Å². The van der Waals surface area contributed by atoms with E-state index in [2.05, 4.69) is 56.9 Å². The Morgan fingerprint density at radius 2 is 1.74 bits per heavy atom. The van der Waals surface area contributed by atoms with Gasteiger partial charge in [0.1, 0.15) is 17.5 Å². The maximum Gasteiger partial charge on any atom is 0.224 e. The fraction of sp³-hybridized carbons (Fsp3) is 0.500. The predicted molar refractivity (Wildman–Crippen MR) is 123 cm³/mol. The summed E-state index contributed by atoms with van der Waals surface area (Å²) in [6.07, 6.45) is 9.75. The second-order valence-corrected chi connectivity index (χ2v) is 9.27. The van der Waals surface area contributed by atoms with Crippen LogP contribution in [0.2, 0.25) is 5.28 Å². The van der Waals surface area contributed by atoms with Crippen LogP contribution >= 0.6 is 11.6 Å². The first-order valence-corrected chi connectivity index (χ1v) is 11.6. The van der Waals surface area contributed by atoms with E-state index in [4.69, 9.17) is 16.3 Å². The highest BCUT2D eigenvalue weighted by atomic mass is 35.5. The normalized spacial score (nSPS) is 23.3. The van der Waals surface area contributed by atoms with Gasteiger partial charge < -0.3 is 19.3 Å². The molecule has 1 aliphatic carbocycles. The number of aromatic nitrogens is 3. The smallest absolute Gasteiger partial charge is 0.224 e. The number of rotatable bonds is 4. The minimum absolute atomic E-state index is 0.187. The summed E-state index contributed by atoms with van der Waals surface area (Å²) in [5.41, 5.74) is 3.08. The molecule has 31 heavy (non-hydrogen) atoms. The van der Waals surface area contributed by atoms with Crippen LogP contribution in [0.3, 0.4) is 0 Å². The number of benzene rings is 1. The van der Waals surface area contributed by atoms with Crippen LogP contribution in [-0.2, 0) is 0 Å². The Kier molecular flexibility index (Phi) is 5.87. The van der Waals surface area contributed by atoms with Gasteiger partial charge >= 0.3 is 0 Å². The SMILES string of the molecule is CN1CCC(Oc2ccc(-c3cn([C@H]4CC[C@H](O)CC4)c4nc(Cl)ncc34)cc2)CC1. The zero-order valence-electron chi connectivity index (χ0n) is 17.9. The van der Waals surface area contributed by atoms with Crippen LogP contribution in [0.5, 0.6) is 5.75 Å². The van der Waals surface area contributed by atoms with Crippen molar-refractivity contribution < 1.29 is 9.84 Å². The molecule has 0 bridgehead atoms. The highest BCUT2D eigenvalue weighted by Crippen LogP contribution is 2.37. The topological polar surface area (TPSA) is 63.4 Å². The standard InChI is InChI=1S/C24H29ClN4O2/c1-28-12-10-20(11-13-28)31-19-8-2-16(3-9-19)22-15-29(17-4-6-18(30)7-5-17)23-21(22)14-26-24(25)27-23/h2-3,8-9,14-15,17-18,20,30H,4-7,10-13H2,1H3/t17-,18-. The number of nitrogens with zero attached hydrogens (tertiary/aromatic N) is 4. The van der Waals surface area contributed by atoms with Crippen molar-refractivity contribution in [2.45, 2.75) is 56.8 Å². The molecule has 3 aromatic rings. The molecule has 0 unspecified atom stereocenters. The lowest BCUT2D eigenvalue weighted by atomic mass is 9.93. The Morgan fingerprint density at radius 3 is 2.45 bits per heavy atom. The molecule has 1 N–H and O–H groups in total. The summed E-state index contributed by atoms with van der Waals surface area (Å²) in [5, 5.41) is 11.2. The van der Waals surface area contributed by atoms with Gasteiger partial charge in [-0.05, 0) is 74.9 Å². The number of aliphatic hydroxyl groups excluding tert-OH is 1. The molecule has 0 spiro atoms. The van der Waals surface area contributed by atoms with Crippen LogP contribution in [0.25, 0.3) is 22.2 Å². The van der Waals surface area contributed by atoms with E-state index in [-0.39, 0.29) is 11.4 Å². The fourth-order valence-corrected chi connectivity index (χ4v) is 4.99. The van der Waals surface area contributed by atoms with Crippen molar-refractivity contribution in [3.8, 4) is 16.9 Å². The Hall–Kier alpha value is -2.15. The number of aliphatic hydroxyl groups is 1. The van der Waals surface area contributed by atoms with Gasteiger partial charge in [-0.15, -0.1) is 0 Å². The third kappa shape index (κ3) is 4.43. The number of halogens is 1. The summed E-state index contributed by atoms with van der Waals surface area (Å²) >= 11 is 6.14. The summed E-state index contributed by atoms with van der Waals surface area (Å²) in [6, 6.07) is 8.66. The molecule has 1 saturated heterocycles. The molecule has 0 radical (unpaired) electrons. The number of piperidine rings is 1. The molecule has 0 amide bonds. The third-order valence-electron chi connectivity index (χ3n) is 6.74. The molecule has 2 fully saturated rings. The van der Waals surface area contributed by atoms with Crippen LogP contribution in [-0.4, -0.2) is 56.9 Å². The van der Waals surface area contributed by atoms with E-state index in [9.17, 15) is 5.11 Å². The Balaban J connectivity index is 1.42. The molecule has 2 aromatic heterocycles. The molecule has 1 aliphatic heterocycles. The van der Waals surface area contributed by atoms with Crippen LogP contribution in [0.4, 0.5) is 0 Å². The van der Waals surface area contributed by atoms with Crippen molar-refractivity contribution in [3.63, 3.8) is 0 Å². The van der Waals surface area contributed by atoms with Crippen LogP contribution in [0, 0.1) is 0 Å². The van der Waals surface area contributed by atoms with Crippen molar-refractivity contribution in [1.29, 1.82) is 0 Å². The van der Waals surface area contributed by atoms with E-state index in [0.29, 0.717) is 12.1 Å². The lowest BCUT2D eigenvalue weighted by Crippen LogP contribution is -2.35. The first-order chi connectivity index (χ1) is 15.1. The van der Waals surface area contributed by atoms with E-state index in [0.717, 1.165) is 79.5 Å². The number of hydrogen-bond acceptors (Lipinski definition) is 5. The van der Waals surface area contributed by atoms with Crippen LogP contribution < -0.4 is 4.74 Å². The summed E-state index contributed by atoms with van der Waals surface area (Å²) in [4.78, 5) is 11.1. The van der Waals surface area contributed by atoms with Gasteiger partial charge in [0.2, 0.25) is 5.28 Å². The maximum absolute atomic E-state index is 9.90. The Bertz CT molecular complexity index is 1040. The second-order valence-electron chi connectivity index (χ2n) is 8.93. The maximum atomic E-state index is 9.90. The molecule has 0 atom stereocenters. The van der Waals surface area contributed by atoms with Gasteiger partial charge in [-0.2, -0.15) is 4.98 Å². The molecular formula is C24H29ClN4O2.